The molecule has 1 saturated heterocycles. The normalized spacial score (nSPS) is 19.9. The zero-order chi connectivity index (χ0) is 22.9. The molecule has 1 aliphatic heterocycles. The lowest BCUT2D eigenvalue weighted by atomic mass is 10.00. The second-order valence-electron chi connectivity index (χ2n) is 9.06. The number of nitrogens with one attached hydrogen (secondary N) is 2. The quantitative estimate of drug-likeness (QED) is 0.197. The summed E-state index contributed by atoms with van der Waals surface area (Å²) in [4.78, 5) is 6.91. The smallest absolute Gasteiger partial charge is 0.191 e. The van der Waals surface area contributed by atoms with E-state index in [0.717, 1.165) is 43.3 Å². The van der Waals surface area contributed by atoms with E-state index in [-0.39, 0.29) is 41.7 Å². The molecule has 0 radical (unpaired) electrons. The SMILES string of the molecule is CN=C(NCc1ccc(C)cc1OCCCOC)NCC(C)(C)N1CC(C)OC(C)C1.I. The number of ether oxygens (including phenoxy) is 3. The highest BCUT2D eigenvalue weighted by Crippen LogP contribution is 2.22. The van der Waals surface area contributed by atoms with E-state index in [1.54, 1.807) is 14.2 Å². The third-order valence-electron chi connectivity index (χ3n) is 5.61. The lowest BCUT2D eigenvalue weighted by Crippen LogP contribution is -2.59. The summed E-state index contributed by atoms with van der Waals surface area (Å²) in [6, 6.07) is 6.31. The molecule has 0 aliphatic carbocycles. The number of methoxy groups -OCH3 is 1. The van der Waals surface area contributed by atoms with Gasteiger partial charge >= 0.3 is 0 Å². The predicted molar refractivity (Wildman–Crippen MR) is 142 cm³/mol. The van der Waals surface area contributed by atoms with Crippen molar-refractivity contribution in [2.45, 2.75) is 65.3 Å². The van der Waals surface area contributed by atoms with Gasteiger partial charge in [0.2, 0.25) is 0 Å². The van der Waals surface area contributed by atoms with Gasteiger partial charge in [-0.3, -0.25) is 9.89 Å². The fourth-order valence-electron chi connectivity index (χ4n) is 3.81. The topological polar surface area (TPSA) is 67.4 Å². The van der Waals surface area contributed by atoms with Crippen molar-refractivity contribution in [2.75, 3.05) is 47.0 Å². The number of rotatable bonds is 10. The third kappa shape index (κ3) is 9.41. The maximum atomic E-state index is 6.00. The van der Waals surface area contributed by atoms with Crippen molar-refractivity contribution in [1.29, 1.82) is 0 Å². The molecule has 0 spiro atoms. The Morgan fingerprint density at radius 1 is 1.19 bits per heavy atom. The first-order chi connectivity index (χ1) is 14.7. The van der Waals surface area contributed by atoms with Gasteiger partial charge in [-0.15, -0.1) is 24.0 Å². The summed E-state index contributed by atoms with van der Waals surface area (Å²) in [5, 5.41) is 6.93. The molecule has 1 aromatic carbocycles. The first-order valence-electron chi connectivity index (χ1n) is 11.3. The van der Waals surface area contributed by atoms with Crippen LogP contribution in [0.15, 0.2) is 23.2 Å². The van der Waals surface area contributed by atoms with Crippen molar-refractivity contribution >= 4 is 29.9 Å². The first-order valence-corrected chi connectivity index (χ1v) is 11.3. The fraction of sp³-hybridized carbons (Fsp3) is 0.708. The second-order valence-corrected chi connectivity index (χ2v) is 9.06. The number of morpholine rings is 1. The van der Waals surface area contributed by atoms with Gasteiger partial charge in [0.15, 0.2) is 5.96 Å². The van der Waals surface area contributed by atoms with Crippen LogP contribution in [-0.2, 0) is 16.0 Å². The summed E-state index contributed by atoms with van der Waals surface area (Å²) in [5.41, 5.74) is 2.29. The minimum atomic E-state index is -0.0105. The van der Waals surface area contributed by atoms with Crippen LogP contribution < -0.4 is 15.4 Å². The predicted octanol–water partition coefficient (Wildman–Crippen LogP) is 3.58. The van der Waals surface area contributed by atoms with E-state index in [2.05, 4.69) is 73.3 Å². The number of halogens is 1. The maximum absolute atomic E-state index is 6.00. The fourth-order valence-corrected chi connectivity index (χ4v) is 3.81. The minimum absolute atomic E-state index is 0. The van der Waals surface area contributed by atoms with Gasteiger partial charge in [0, 0.05) is 64.5 Å². The first kappa shape index (κ1) is 28.9. The van der Waals surface area contributed by atoms with Gasteiger partial charge in [0.1, 0.15) is 5.75 Å². The molecule has 0 aromatic heterocycles. The maximum Gasteiger partial charge on any atom is 0.191 e. The van der Waals surface area contributed by atoms with Crippen molar-refractivity contribution in [3.63, 3.8) is 0 Å². The van der Waals surface area contributed by atoms with Gasteiger partial charge in [-0.1, -0.05) is 12.1 Å². The summed E-state index contributed by atoms with van der Waals surface area (Å²) in [6.45, 7) is 15.6. The van der Waals surface area contributed by atoms with Crippen LogP contribution in [0.2, 0.25) is 0 Å². The second kappa shape index (κ2) is 14.2. The van der Waals surface area contributed by atoms with Crippen molar-refractivity contribution in [3.05, 3.63) is 29.3 Å². The lowest BCUT2D eigenvalue weighted by molar-refractivity contribution is -0.0946. The largest absolute Gasteiger partial charge is 0.493 e. The highest BCUT2D eigenvalue weighted by atomic mass is 127. The number of aliphatic imine (C=N–C) groups is 1. The molecule has 1 aliphatic rings. The molecule has 8 heteroatoms. The molecule has 1 fully saturated rings. The molecular weight excluding hydrogens is 519 g/mol. The summed E-state index contributed by atoms with van der Waals surface area (Å²) < 4.78 is 17.0. The Labute approximate surface area is 211 Å². The van der Waals surface area contributed by atoms with Crippen LogP contribution in [0, 0.1) is 6.92 Å². The van der Waals surface area contributed by atoms with Gasteiger partial charge < -0.3 is 24.8 Å². The Morgan fingerprint density at radius 3 is 2.50 bits per heavy atom. The van der Waals surface area contributed by atoms with Crippen molar-refractivity contribution in [1.82, 2.24) is 15.5 Å². The highest BCUT2D eigenvalue weighted by molar-refractivity contribution is 14.0. The van der Waals surface area contributed by atoms with Crippen LogP contribution in [0.25, 0.3) is 0 Å². The van der Waals surface area contributed by atoms with E-state index in [0.29, 0.717) is 19.8 Å². The van der Waals surface area contributed by atoms with E-state index in [9.17, 15) is 0 Å². The van der Waals surface area contributed by atoms with Crippen LogP contribution >= 0.6 is 24.0 Å². The minimum Gasteiger partial charge on any atom is -0.493 e. The Kier molecular flexibility index (Phi) is 12.9. The van der Waals surface area contributed by atoms with E-state index in [1.165, 1.54) is 5.56 Å². The number of hydrogen-bond donors (Lipinski definition) is 2. The monoisotopic (exact) mass is 562 g/mol. The number of hydrogen-bond acceptors (Lipinski definition) is 5. The van der Waals surface area contributed by atoms with Crippen molar-refractivity contribution in [2.24, 2.45) is 4.99 Å². The van der Waals surface area contributed by atoms with E-state index in [1.807, 2.05) is 0 Å². The lowest BCUT2D eigenvalue weighted by Gasteiger charge is -2.45. The van der Waals surface area contributed by atoms with Crippen LogP contribution in [-0.4, -0.2) is 75.6 Å². The zero-order valence-electron chi connectivity index (χ0n) is 20.9. The molecule has 1 heterocycles. The van der Waals surface area contributed by atoms with Gasteiger partial charge in [-0.05, 0) is 46.2 Å². The van der Waals surface area contributed by atoms with Gasteiger partial charge in [-0.25, -0.2) is 0 Å². The molecular formula is C24H43IN4O3. The molecule has 32 heavy (non-hydrogen) atoms. The molecule has 7 nitrogen and oxygen atoms in total. The summed E-state index contributed by atoms with van der Waals surface area (Å²) in [5.74, 6) is 1.70. The standard InChI is InChI=1S/C24H42N4O3.HI/c1-18-9-10-21(22(13-18)30-12-8-11-29-7)14-26-23(25-6)27-17-24(4,5)28-15-19(2)31-20(3)16-28;/h9-10,13,19-20H,8,11-12,14-17H2,1-7H3,(H2,25,26,27);1H. The van der Waals surface area contributed by atoms with Gasteiger partial charge in [0.25, 0.3) is 0 Å². The molecule has 1 aromatic rings. The molecule has 184 valence electrons. The average molecular weight is 563 g/mol. The summed E-state index contributed by atoms with van der Waals surface area (Å²) in [6.07, 6.45) is 1.38. The molecule has 0 amide bonds. The van der Waals surface area contributed by atoms with Crippen LogP contribution in [0.4, 0.5) is 0 Å². The molecule has 2 N–H and O–H groups in total. The molecule has 2 unspecified atom stereocenters. The van der Waals surface area contributed by atoms with Crippen LogP contribution in [0.5, 0.6) is 5.75 Å². The average Bonchev–Trinajstić information content (AvgIpc) is 2.71. The van der Waals surface area contributed by atoms with Crippen LogP contribution in [0.3, 0.4) is 0 Å². The summed E-state index contributed by atoms with van der Waals surface area (Å²) in [7, 11) is 3.51. The Balaban J connectivity index is 0.00000512. The number of guanidine groups is 1. The Bertz CT molecular complexity index is 704. The van der Waals surface area contributed by atoms with E-state index in [4.69, 9.17) is 14.2 Å². The van der Waals surface area contributed by atoms with Gasteiger partial charge in [0.05, 0.1) is 18.8 Å². The van der Waals surface area contributed by atoms with E-state index < -0.39 is 0 Å². The highest BCUT2D eigenvalue weighted by Gasteiger charge is 2.33. The number of benzene rings is 1. The molecule has 2 rings (SSSR count). The Hall–Kier alpha value is -1.10. The number of nitrogens with zero attached hydrogens (tertiary/aromatic N) is 2. The third-order valence-corrected chi connectivity index (χ3v) is 5.61. The molecule has 2 atom stereocenters. The molecule has 0 saturated carbocycles. The zero-order valence-corrected chi connectivity index (χ0v) is 23.2. The van der Waals surface area contributed by atoms with Crippen molar-refractivity contribution in [3.8, 4) is 5.75 Å². The van der Waals surface area contributed by atoms with Gasteiger partial charge in [-0.2, -0.15) is 0 Å². The van der Waals surface area contributed by atoms with E-state index >= 15 is 0 Å². The van der Waals surface area contributed by atoms with Crippen LogP contribution in [0.1, 0.15) is 45.2 Å². The number of aryl methyl sites for hydroxylation is 1. The molecule has 0 bridgehead atoms. The Morgan fingerprint density at radius 2 is 1.88 bits per heavy atom. The summed E-state index contributed by atoms with van der Waals surface area (Å²) >= 11 is 0. The van der Waals surface area contributed by atoms with Crippen molar-refractivity contribution < 1.29 is 14.2 Å².